The summed E-state index contributed by atoms with van der Waals surface area (Å²) >= 11 is 0. The Kier molecular flexibility index (Phi) is 5.31. The van der Waals surface area contributed by atoms with E-state index in [0.717, 1.165) is 0 Å². The van der Waals surface area contributed by atoms with Crippen LogP contribution in [0.5, 0.6) is 0 Å². The van der Waals surface area contributed by atoms with Crippen LogP contribution in [-0.2, 0) is 9.59 Å². The van der Waals surface area contributed by atoms with E-state index < -0.39 is 5.91 Å². The van der Waals surface area contributed by atoms with Crippen LogP contribution >= 0.6 is 0 Å². The van der Waals surface area contributed by atoms with Crippen LogP contribution in [0.25, 0.3) is 0 Å². The number of aryl methyl sites for hydroxylation is 1. The minimum absolute atomic E-state index is 0.144. The maximum atomic E-state index is 12.4. The van der Waals surface area contributed by atoms with Crippen molar-refractivity contribution in [1.29, 1.82) is 0 Å². The summed E-state index contributed by atoms with van der Waals surface area (Å²) in [6.45, 7) is 2.95. The monoisotopic (exact) mass is 330 g/mol. The van der Waals surface area contributed by atoms with Crippen LogP contribution in [0.2, 0.25) is 0 Å². The van der Waals surface area contributed by atoms with Gasteiger partial charge in [-0.1, -0.05) is 11.2 Å². The molecule has 8 nitrogen and oxygen atoms in total. The maximum Gasteiger partial charge on any atom is 0.254 e. The van der Waals surface area contributed by atoms with Gasteiger partial charge in [0, 0.05) is 31.3 Å². The number of amides is 3. The first-order chi connectivity index (χ1) is 11.3. The lowest BCUT2D eigenvalue weighted by Gasteiger charge is -2.16. The molecule has 1 aromatic heterocycles. The SMILES string of the molecule is CC(=O)Nc1cccc(C(=O)N(C)CC(=O)Nc2cc(C)on2)c1. The number of carbonyl (C=O) groups excluding carboxylic acids is 3. The summed E-state index contributed by atoms with van der Waals surface area (Å²) in [4.78, 5) is 36.7. The molecular weight excluding hydrogens is 312 g/mol. The molecule has 0 aliphatic carbocycles. The number of nitrogens with one attached hydrogen (secondary N) is 2. The van der Waals surface area contributed by atoms with E-state index in [4.69, 9.17) is 4.52 Å². The molecule has 0 bridgehead atoms. The number of benzene rings is 1. The lowest BCUT2D eigenvalue weighted by Crippen LogP contribution is -2.35. The van der Waals surface area contributed by atoms with Crippen LogP contribution in [0.4, 0.5) is 11.5 Å². The van der Waals surface area contributed by atoms with Gasteiger partial charge in [-0.15, -0.1) is 0 Å². The Morgan fingerprint density at radius 3 is 2.58 bits per heavy atom. The molecule has 24 heavy (non-hydrogen) atoms. The summed E-state index contributed by atoms with van der Waals surface area (Å²) in [6, 6.07) is 8.08. The van der Waals surface area contributed by atoms with Gasteiger partial charge in [0.2, 0.25) is 11.8 Å². The van der Waals surface area contributed by atoms with Crippen LogP contribution in [0.1, 0.15) is 23.0 Å². The summed E-state index contributed by atoms with van der Waals surface area (Å²) < 4.78 is 4.85. The van der Waals surface area contributed by atoms with Crippen molar-refractivity contribution < 1.29 is 18.9 Å². The molecule has 3 amide bonds. The van der Waals surface area contributed by atoms with Crippen LogP contribution in [0.15, 0.2) is 34.9 Å². The molecule has 0 radical (unpaired) electrons. The van der Waals surface area contributed by atoms with E-state index in [1.807, 2.05) is 0 Å². The summed E-state index contributed by atoms with van der Waals surface area (Å²) in [5.74, 6) is -0.0865. The number of nitrogens with zero attached hydrogens (tertiary/aromatic N) is 2. The minimum atomic E-state index is -0.392. The van der Waals surface area contributed by atoms with E-state index >= 15 is 0 Å². The molecule has 8 heteroatoms. The molecule has 2 N–H and O–H groups in total. The molecule has 1 heterocycles. The Bertz CT molecular complexity index is 769. The zero-order valence-electron chi connectivity index (χ0n) is 13.6. The molecule has 0 unspecified atom stereocenters. The van der Waals surface area contributed by atoms with E-state index in [1.165, 1.54) is 18.9 Å². The van der Waals surface area contributed by atoms with Crippen molar-refractivity contribution in [3.05, 3.63) is 41.7 Å². The lowest BCUT2D eigenvalue weighted by atomic mass is 10.1. The second-order valence-electron chi connectivity index (χ2n) is 5.29. The molecule has 1 aromatic carbocycles. The maximum absolute atomic E-state index is 12.4. The molecule has 126 valence electrons. The number of anilines is 2. The summed E-state index contributed by atoms with van der Waals surface area (Å²) in [5, 5.41) is 8.80. The third-order valence-corrected chi connectivity index (χ3v) is 3.05. The van der Waals surface area contributed by atoms with E-state index in [0.29, 0.717) is 22.8 Å². The zero-order chi connectivity index (χ0) is 17.7. The Balaban J connectivity index is 1.98. The number of rotatable bonds is 5. The van der Waals surface area contributed by atoms with Gasteiger partial charge in [-0.25, -0.2) is 0 Å². The van der Waals surface area contributed by atoms with Crippen LogP contribution in [0, 0.1) is 6.92 Å². The van der Waals surface area contributed by atoms with E-state index in [9.17, 15) is 14.4 Å². The molecule has 2 aromatic rings. The van der Waals surface area contributed by atoms with Gasteiger partial charge in [0.1, 0.15) is 5.76 Å². The van der Waals surface area contributed by atoms with E-state index in [1.54, 1.807) is 37.3 Å². The van der Waals surface area contributed by atoms with Crippen molar-refractivity contribution in [3.8, 4) is 0 Å². The van der Waals surface area contributed by atoms with Gasteiger partial charge in [-0.2, -0.15) is 0 Å². The van der Waals surface area contributed by atoms with Gasteiger partial charge in [0.15, 0.2) is 5.82 Å². The molecule has 0 atom stereocenters. The highest BCUT2D eigenvalue weighted by molar-refractivity contribution is 6.00. The Labute approximate surface area is 138 Å². The predicted molar refractivity (Wildman–Crippen MR) is 87.6 cm³/mol. The largest absolute Gasteiger partial charge is 0.360 e. The van der Waals surface area contributed by atoms with Gasteiger partial charge in [0.25, 0.3) is 5.91 Å². The Morgan fingerprint density at radius 2 is 1.96 bits per heavy atom. The number of hydrogen-bond acceptors (Lipinski definition) is 5. The molecule has 0 saturated heterocycles. The molecule has 0 aliphatic heterocycles. The molecule has 0 fully saturated rings. The first-order valence-corrected chi connectivity index (χ1v) is 7.21. The minimum Gasteiger partial charge on any atom is -0.360 e. The summed E-state index contributed by atoms with van der Waals surface area (Å²) in [5.41, 5.74) is 0.887. The smallest absolute Gasteiger partial charge is 0.254 e. The standard InChI is InChI=1S/C16H18N4O4/c1-10-7-14(19-24-10)18-15(22)9-20(3)16(23)12-5-4-6-13(8-12)17-11(2)21/h4-8H,9H2,1-3H3,(H,17,21)(H,18,19,22). The first kappa shape index (κ1) is 17.2. The lowest BCUT2D eigenvalue weighted by molar-refractivity contribution is -0.116. The van der Waals surface area contributed by atoms with Crippen LogP contribution in [0.3, 0.4) is 0 Å². The number of hydrogen-bond donors (Lipinski definition) is 2. The van der Waals surface area contributed by atoms with Crippen molar-refractivity contribution in [2.75, 3.05) is 24.2 Å². The third kappa shape index (κ3) is 4.67. The molecular formula is C16H18N4O4. The summed E-state index contributed by atoms with van der Waals surface area (Å²) in [7, 11) is 1.51. The molecule has 0 spiro atoms. The average molecular weight is 330 g/mol. The van der Waals surface area contributed by atoms with Gasteiger partial charge in [-0.3, -0.25) is 14.4 Å². The van der Waals surface area contributed by atoms with Gasteiger partial charge >= 0.3 is 0 Å². The normalized spacial score (nSPS) is 10.1. The third-order valence-electron chi connectivity index (χ3n) is 3.05. The fourth-order valence-corrected chi connectivity index (χ4v) is 2.05. The Hall–Kier alpha value is -3.16. The highest BCUT2D eigenvalue weighted by Gasteiger charge is 2.16. The molecule has 0 aliphatic rings. The highest BCUT2D eigenvalue weighted by Crippen LogP contribution is 2.13. The second kappa shape index (κ2) is 7.40. The fraction of sp³-hybridized carbons (Fsp3) is 0.250. The zero-order valence-corrected chi connectivity index (χ0v) is 13.6. The molecule has 2 rings (SSSR count). The van der Waals surface area contributed by atoms with Crippen molar-refractivity contribution in [1.82, 2.24) is 10.1 Å². The van der Waals surface area contributed by atoms with Crippen molar-refractivity contribution in [2.24, 2.45) is 0 Å². The van der Waals surface area contributed by atoms with Gasteiger partial charge in [-0.05, 0) is 25.1 Å². The number of likely N-dealkylation sites (N-methyl/N-ethyl adjacent to an activating group) is 1. The quantitative estimate of drug-likeness (QED) is 0.867. The fourth-order valence-electron chi connectivity index (χ4n) is 2.05. The predicted octanol–water partition coefficient (Wildman–Crippen LogP) is 1.65. The first-order valence-electron chi connectivity index (χ1n) is 7.21. The van der Waals surface area contributed by atoms with Gasteiger partial charge < -0.3 is 20.1 Å². The highest BCUT2D eigenvalue weighted by atomic mass is 16.5. The Morgan fingerprint density at radius 1 is 1.21 bits per heavy atom. The topological polar surface area (TPSA) is 105 Å². The number of aromatic nitrogens is 1. The van der Waals surface area contributed by atoms with Crippen molar-refractivity contribution in [3.63, 3.8) is 0 Å². The van der Waals surface area contributed by atoms with Crippen LogP contribution in [-0.4, -0.2) is 41.4 Å². The second-order valence-corrected chi connectivity index (χ2v) is 5.29. The molecule has 0 saturated carbocycles. The van der Waals surface area contributed by atoms with Gasteiger partial charge in [0.05, 0.1) is 6.54 Å². The van der Waals surface area contributed by atoms with Crippen molar-refractivity contribution >= 4 is 29.2 Å². The average Bonchev–Trinajstić information content (AvgIpc) is 2.90. The van der Waals surface area contributed by atoms with Crippen LogP contribution < -0.4 is 10.6 Å². The van der Waals surface area contributed by atoms with Crippen molar-refractivity contribution in [2.45, 2.75) is 13.8 Å². The van der Waals surface area contributed by atoms with E-state index in [2.05, 4.69) is 15.8 Å². The number of carbonyl (C=O) groups is 3. The van der Waals surface area contributed by atoms with E-state index in [-0.39, 0.29) is 18.4 Å². The summed E-state index contributed by atoms with van der Waals surface area (Å²) in [6.07, 6.45) is 0.